The van der Waals surface area contributed by atoms with E-state index in [1.807, 2.05) is 32.3 Å². The Bertz CT molecular complexity index is 642. The van der Waals surface area contributed by atoms with Crippen LogP contribution in [0.15, 0.2) is 22.9 Å². The standard InChI is InChI=1S/C16H21N3O2/c1-3-13-8-11(2)15(21-13)16(20)18-9-12-4-5-14-17-6-7-19(14)10-12/h6-8,12H,3-5,9-10H2,1-2H3,(H,18,20)/t12-/m0/s1. The molecule has 5 nitrogen and oxygen atoms in total. The molecular formula is C16H21N3O2. The molecule has 1 amide bonds. The van der Waals surface area contributed by atoms with Crippen molar-refractivity contribution in [2.45, 2.75) is 39.7 Å². The summed E-state index contributed by atoms with van der Waals surface area (Å²) in [5.41, 5.74) is 0.907. The van der Waals surface area contributed by atoms with Gasteiger partial charge in [0.05, 0.1) is 0 Å². The number of aromatic nitrogens is 2. The molecule has 0 bridgehead atoms. The van der Waals surface area contributed by atoms with Crippen LogP contribution in [0.3, 0.4) is 0 Å². The minimum Gasteiger partial charge on any atom is -0.456 e. The molecule has 0 spiro atoms. The second kappa shape index (κ2) is 5.76. The summed E-state index contributed by atoms with van der Waals surface area (Å²) in [5, 5.41) is 3.00. The Labute approximate surface area is 124 Å². The SMILES string of the molecule is CCc1cc(C)c(C(=O)NC[C@@H]2CCc3nccn3C2)o1. The van der Waals surface area contributed by atoms with E-state index in [9.17, 15) is 4.79 Å². The molecule has 1 N–H and O–H groups in total. The first kappa shape index (κ1) is 13.9. The van der Waals surface area contributed by atoms with Gasteiger partial charge in [0.1, 0.15) is 11.6 Å². The number of amides is 1. The normalized spacial score (nSPS) is 17.5. The summed E-state index contributed by atoms with van der Waals surface area (Å²) < 4.78 is 7.76. The van der Waals surface area contributed by atoms with Crippen LogP contribution in [0.1, 0.15) is 41.0 Å². The third-order valence-electron chi connectivity index (χ3n) is 4.11. The number of hydrogen-bond donors (Lipinski definition) is 1. The van der Waals surface area contributed by atoms with Crippen molar-refractivity contribution in [2.24, 2.45) is 5.92 Å². The molecule has 0 radical (unpaired) electrons. The van der Waals surface area contributed by atoms with E-state index in [1.54, 1.807) is 0 Å². The Kier molecular flexibility index (Phi) is 3.82. The molecule has 0 saturated heterocycles. The minimum atomic E-state index is -0.108. The van der Waals surface area contributed by atoms with Gasteiger partial charge in [0.25, 0.3) is 5.91 Å². The number of hydrogen-bond acceptors (Lipinski definition) is 3. The van der Waals surface area contributed by atoms with Crippen molar-refractivity contribution in [2.75, 3.05) is 6.54 Å². The van der Waals surface area contributed by atoms with Crippen LogP contribution >= 0.6 is 0 Å². The molecule has 2 aromatic heterocycles. The number of aryl methyl sites for hydroxylation is 3. The third-order valence-corrected chi connectivity index (χ3v) is 4.11. The van der Waals surface area contributed by atoms with Gasteiger partial charge < -0.3 is 14.3 Å². The summed E-state index contributed by atoms with van der Waals surface area (Å²) in [6, 6.07) is 1.94. The van der Waals surface area contributed by atoms with Crippen LogP contribution in [0.25, 0.3) is 0 Å². The molecular weight excluding hydrogens is 266 g/mol. The van der Waals surface area contributed by atoms with Crippen LogP contribution in [-0.2, 0) is 19.4 Å². The molecule has 1 atom stereocenters. The Morgan fingerprint density at radius 2 is 2.43 bits per heavy atom. The molecule has 0 unspecified atom stereocenters. The molecule has 2 aromatic rings. The summed E-state index contributed by atoms with van der Waals surface area (Å²) in [6.07, 6.45) is 6.70. The zero-order chi connectivity index (χ0) is 14.8. The van der Waals surface area contributed by atoms with Crippen molar-refractivity contribution in [3.63, 3.8) is 0 Å². The Hall–Kier alpha value is -2.04. The number of carbonyl (C=O) groups excluding carboxylic acids is 1. The fraction of sp³-hybridized carbons (Fsp3) is 0.500. The predicted molar refractivity (Wildman–Crippen MR) is 79.2 cm³/mol. The van der Waals surface area contributed by atoms with Crippen LogP contribution in [0.2, 0.25) is 0 Å². The molecule has 3 rings (SSSR count). The van der Waals surface area contributed by atoms with Crippen LogP contribution in [0.4, 0.5) is 0 Å². The lowest BCUT2D eigenvalue weighted by Crippen LogP contribution is -2.33. The van der Waals surface area contributed by atoms with Gasteiger partial charge >= 0.3 is 0 Å². The first-order valence-corrected chi connectivity index (χ1v) is 7.55. The van der Waals surface area contributed by atoms with Crippen molar-refractivity contribution >= 4 is 5.91 Å². The van der Waals surface area contributed by atoms with Crippen LogP contribution in [0.5, 0.6) is 0 Å². The Morgan fingerprint density at radius 3 is 3.19 bits per heavy atom. The average Bonchev–Trinajstić information content (AvgIpc) is 3.10. The van der Waals surface area contributed by atoms with Gasteiger partial charge in [0, 0.05) is 43.9 Å². The molecule has 1 aliphatic rings. The highest BCUT2D eigenvalue weighted by Gasteiger charge is 2.21. The fourth-order valence-electron chi connectivity index (χ4n) is 2.87. The quantitative estimate of drug-likeness (QED) is 0.939. The van der Waals surface area contributed by atoms with Crippen LogP contribution in [0, 0.1) is 12.8 Å². The van der Waals surface area contributed by atoms with Crippen LogP contribution < -0.4 is 5.32 Å². The Balaban J connectivity index is 1.58. The molecule has 0 fully saturated rings. The molecule has 1 aliphatic heterocycles. The molecule has 3 heterocycles. The molecule has 5 heteroatoms. The Morgan fingerprint density at radius 1 is 1.57 bits per heavy atom. The molecule has 0 aromatic carbocycles. The van der Waals surface area contributed by atoms with E-state index < -0.39 is 0 Å². The first-order chi connectivity index (χ1) is 10.2. The number of furan rings is 1. The molecule has 0 saturated carbocycles. The van der Waals surface area contributed by atoms with Crippen LogP contribution in [-0.4, -0.2) is 22.0 Å². The summed E-state index contributed by atoms with van der Waals surface area (Å²) in [7, 11) is 0. The lowest BCUT2D eigenvalue weighted by molar-refractivity contribution is 0.0913. The van der Waals surface area contributed by atoms with E-state index in [2.05, 4.69) is 14.9 Å². The highest BCUT2D eigenvalue weighted by Crippen LogP contribution is 2.19. The van der Waals surface area contributed by atoms with Gasteiger partial charge in [-0.3, -0.25) is 4.79 Å². The maximum atomic E-state index is 12.2. The van der Waals surface area contributed by atoms with E-state index >= 15 is 0 Å². The van der Waals surface area contributed by atoms with E-state index in [0.29, 0.717) is 18.2 Å². The monoisotopic (exact) mass is 287 g/mol. The van der Waals surface area contributed by atoms with Gasteiger partial charge in [0.15, 0.2) is 5.76 Å². The predicted octanol–water partition coefficient (Wildman–Crippen LogP) is 2.34. The first-order valence-electron chi connectivity index (χ1n) is 7.55. The van der Waals surface area contributed by atoms with E-state index in [4.69, 9.17) is 4.42 Å². The van der Waals surface area contributed by atoms with Gasteiger partial charge in [-0.1, -0.05) is 6.92 Å². The lowest BCUT2D eigenvalue weighted by Gasteiger charge is -2.23. The second-order valence-corrected chi connectivity index (χ2v) is 5.69. The van der Waals surface area contributed by atoms with Gasteiger partial charge in [0.2, 0.25) is 0 Å². The maximum Gasteiger partial charge on any atom is 0.287 e. The number of nitrogens with zero attached hydrogens (tertiary/aromatic N) is 2. The summed E-state index contributed by atoms with van der Waals surface area (Å²) >= 11 is 0. The van der Waals surface area contributed by atoms with E-state index in [-0.39, 0.29) is 5.91 Å². The number of nitrogens with one attached hydrogen (secondary N) is 1. The summed E-state index contributed by atoms with van der Waals surface area (Å²) in [5.74, 6) is 2.80. The third kappa shape index (κ3) is 2.86. The second-order valence-electron chi connectivity index (χ2n) is 5.69. The average molecular weight is 287 g/mol. The highest BCUT2D eigenvalue weighted by molar-refractivity contribution is 5.92. The zero-order valence-corrected chi connectivity index (χ0v) is 12.6. The van der Waals surface area contributed by atoms with Crippen molar-refractivity contribution < 1.29 is 9.21 Å². The zero-order valence-electron chi connectivity index (χ0n) is 12.6. The lowest BCUT2D eigenvalue weighted by atomic mass is 9.99. The molecule has 112 valence electrons. The largest absolute Gasteiger partial charge is 0.456 e. The summed E-state index contributed by atoms with van der Waals surface area (Å²) in [4.78, 5) is 16.5. The number of rotatable bonds is 4. The minimum absolute atomic E-state index is 0.108. The van der Waals surface area contributed by atoms with E-state index in [0.717, 1.165) is 43.0 Å². The maximum absolute atomic E-state index is 12.2. The topological polar surface area (TPSA) is 60.1 Å². The van der Waals surface area contributed by atoms with Crippen molar-refractivity contribution in [1.82, 2.24) is 14.9 Å². The number of fused-ring (bicyclic) bond motifs is 1. The van der Waals surface area contributed by atoms with Crippen molar-refractivity contribution in [3.05, 3.63) is 41.4 Å². The smallest absolute Gasteiger partial charge is 0.287 e. The fourth-order valence-corrected chi connectivity index (χ4v) is 2.87. The van der Waals surface area contributed by atoms with E-state index in [1.165, 1.54) is 0 Å². The van der Waals surface area contributed by atoms with Gasteiger partial charge in [-0.2, -0.15) is 0 Å². The van der Waals surface area contributed by atoms with Gasteiger partial charge in [-0.25, -0.2) is 4.98 Å². The van der Waals surface area contributed by atoms with Crippen molar-refractivity contribution in [3.8, 4) is 0 Å². The summed E-state index contributed by atoms with van der Waals surface area (Å²) in [6.45, 7) is 5.53. The van der Waals surface area contributed by atoms with Gasteiger partial charge in [-0.05, 0) is 25.3 Å². The number of imidazole rings is 1. The molecule has 0 aliphatic carbocycles. The van der Waals surface area contributed by atoms with Gasteiger partial charge in [-0.15, -0.1) is 0 Å². The van der Waals surface area contributed by atoms with Crippen molar-refractivity contribution in [1.29, 1.82) is 0 Å². The number of carbonyl (C=O) groups is 1. The molecule has 21 heavy (non-hydrogen) atoms. The highest BCUT2D eigenvalue weighted by atomic mass is 16.4.